The zero-order valence-electron chi connectivity index (χ0n) is 7.44. The molecule has 62 valence electrons. The first-order chi connectivity index (χ1) is 4.42. The van der Waals surface area contributed by atoms with Crippen LogP contribution in [0.5, 0.6) is 0 Å². The third-order valence-electron chi connectivity index (χ3n) is 1.10. The van der Waals surface area contributed by atoms with Crippen molar-refractivity contribution in [1.82, 2.24) is 5.32 Å². The van der Waals surface area contributed by atoms with Gasteiger partial charge in [-0.2, -0.15) is 0 Å². The van der Waals surface area contributed by atoms with Crippen molar-refractivity contribution in [3.63, 3.8) is 0 Å². The number of hydrogen-bond acceptors (Lipinski definition) is 2. The maximum atomic E-state index is 8.89. The molecule has 0 aliphatic rings. The SMILES string of the molecule is C[C@@H](O)CNCC(C)(C)C. The monoisotopic (exact) mass is 145 g/mol. The van der Waals surface area contributed by atoms with Gasteiger partial charge in [0.1, 0.15) is 0 Å². The minimum atomic E-state index is -0.234. The Morgan fingerprint density at radius 1 is 1.40 bits per heavy atom. The quantitative estimate of drug-likeness (QED) is 0.621. The Morgan fingerprint density at radius 3 is 2.20 bits per heavy atom. The maximum Gasteiger partial charge on any atom is 0.0636 e. The summed E-state index contributed by atoms with van der Waals surface area (Å²) in [6.07, 6.45) is -0.234. The van der Waals surface area contributed by atoms with Gasteiger partial charge in [-0.3, -0.25) is 0 Å². The maximum absolute atomic E-state index is 8.89. The van der Waals surface area contributed by atoms with Gasteiger partial charge < -0.3 is 10.4 Å². The molecular formula is C8H19NO. The standard InChI is InChI=1S/C8H19NO/c1-7(10)5-9-6-8(2,3)4/h7,9-10H,5-6H2,1-4H3/t7-/m1/s1. The van der Waals surface area contributed by atoms with Gasteiger partial charge in [-0.25, -0.2) is 0 Å². The van der Waals surface area contributed by atoms with Gasteiger partial charge in [0, 0.05) is 13.1 Å². The van der Waals surface area contributed by atoms with Crippen molar-refractivity contribution >= 4 is 0 Å². The molecule has 0 heterocycles. The number of nitrogens with one attached hydrogen (secondary N) is 1. The summed E-state index contributed by atoms with van der Waals surface area (Å²) < 4.78 is 0. The molecule has 0 saturated carbocycles. The molecule has 0 aromatic rings. The lowest BCUT2D eigenvalue weighted by Gasteiger charge is -2.19. The second-order valence-corrected chi connectivity index (χ2v) is 4.04. The lowest BCUT2D eigenvalue weighted by Crippen LogP contribution is -2.32. The molecule has 0 aliphatic carbocycles. The van der Waals surface area contributed by atoms with E-state index in [1.165, 1.54) is 0 Å². The zero-order valence-corrected chi connectivity index (χ0v) is 7.44. The van der Waals surface area contributed by atoms with Crippen molar-refractivity contribution in [3.8, 4) is 0 Å². The van der Waals surface area contributed by atoms with E-state index in [4.69, 9.17) is 5.11 Å². The predicted molar refractivity (Wildman–Crippen MR) is 44.0 cm³/mol. The molecule has 10 heavy (non-hydrogen) atoms. The summed E-state index contributed by atoms with van der Waals surface area (Å²) in [4.78, 5) is 0. The van der Waals surface area contributed by atoms with Crippen LogP contribution < -0.4 is 5.32 Å². The first kappa shape index (κ1) is 9.92. The Kier molecular flexibility index (Phi) is 3.91. The summed E-state index contributed by atoms with van der Waals surface area (Å²) in [5.41, 5.74) is 0.314. The molecule has 0 spiro atoms. The number of rotatable bonds is 3. The van der Waals surface area contributed by atoms with E-state index >= 15 is 0 Å². The highest BCUT2D eigenvalue weighted by molar-refractivity contribution is 4.65. The molecular weight excluding hydrogens is 126 g/mol. The number of aliphatic hydroxyl groups is 1. The van der Waals surface area contributed by atoms with Gasteiger partial charge in [-0.15, -0.1) is 0 Å². The molecule has 0 amide bonds. The van der Waals surface area contributed by atoms with E-state index in [2.05, 4.69) is 26.1 Å². The van der Waals surface area contributed by atoms with Gasteiger partial charge in [-0.1, -0.05) is 20.8 Å². The molecule has 0 aliphatic heterocycles. The predicted octanol–water partition coefficient (Wildman–Crippen LogP) is 1.00. The number of aliphatic hydroxyl groups excluding tert-OH is 1. The summed E-state index contributed by atoms with van der Waals surface area (Å²) >= 11 is 0. The van der Waals surface area contributed by atoms with Gasteiger partial charge in [0.15, 0.2) is 0 Å². The van der Waals surface area contributed by atoms with Gasteiger partial charge in [-0.05, 0) is 12.3 Å². The minimum absolute atomic E-state index is 0.234. The second kappa shape index (κ2) is 3.94. The average Bonchev–Trinajstić information content (AvgIpc) is 1.59. The summed E-state index contributed by atoms with van der Waals surface area (Å²) in [5.74, 6) is 0. The molecule has 1 atom stereocenters. The minimum Gasteiger partial charge on any atom is -0.392 e. The first-order valence-corrected chi connectivity index (χ1v) is 3.80. The zero-order chi connectivity index (χ0) is 8.20. The summed E-state index contributed by atoms with van der Waals surface area (Å²) in [5, 5.41) is 12.1. The van der Waals surface area contributed by atoms with E-state index < -0.39 is 0 Å². The van der Waals surface area contributed by atoms with Crippen LogP contribution in [0.1, 0.15) is 27.7 Å². The molecule has 0 bridgehead atoms. The molecule has 0 aromatic carbocycles. The molecule has 2 N–H and O–H groups in total. The fraction of sp³-hybridized carbons (Fsp3) is 1.00. The van der Waals surface area contributed by atoms with E-state index in [1.807, 2.05) is 0 Å². The van der Waals surface area contributed by atoms with Gasteiger partial charge in [0.05, 0.1) is 6.10 Å². The normalized spacial score (nSPS) is 15.3. The van der Waals surface area contributed by atoms with E-state index in [9.17, 15) is 0 Å². The summed E-state index contributed by atoms with van der Waals surface area (Å²) in [6, 6.07) is 0. The van der Waals surface area contributed by atoms with Gasteiger partial charge >= 0.3 is 0 Å². The van der Waals surface area contributed by atoms with Crippen LogP contribution in [-0.2, 0) is 0 Å². The smallest absolute Gasteiger partial charge is 0.0636 e. The third kappa shape index (κ3) is 7.92. The van der Waals surface area contributed by atoms with Crippen LogP contribution in [0.3, 0.4) is 0 Å². The Labute approximate surface area is 63.6 Å². The van der Waals surface area contributed by atoms with E-state index in [-0.39, 0.29) is 6.10 Å². The van der Waals surface area contributed by atoms with Gasteiger partial charge in [0.2, 0.25) is 0 Å². The average molecular weight is 145 g/mol. The van der Waals surface area contributed by atoms with E-state index in [0.717, 1.165) is 6.54 Å². The Hall–Kier alpha value is -0.0800. The van der Waals surface area contributed by atoms with Crippen molar-refractivity contribution in [1.29, 1.82) is 0 Å². The van der Waals surface area contributed by atoms with Crippen molar-refractivity contribution in [3.05, 3.63) is 0 Å². The van der Waals surface area contributed by atoms with Crippen molar-refractivity contribution < 1.29 is 5.11 Å². The highest BCUT2D eigenvalue weighted by atomic mass is 16.3. The molecule has 0 radical (unpaired) electrons. The highest BCUT2D eigenvalue weighted by Gasteiger charge is 2.08. The highest BCUT2D eigenvalue weighted by Crippen LogP contribution is 2.09. The fourth-order valence-corrected chi connectivity index (χ4v) is 0.656. The fourth-order valence-electron chi connectivity index (χ4n) is 0.656. The lowest BCUT2D eigenvalue weighted by molar-refractivity contribution is 0.186. The Bertz CT molecular complexity index is 83.7. The molecule has 0 rings (SSSR count). The summed E-state index contributed by atoms with van der Waals surface area (Å²) in [7, 11) is 0. The molecule has 0 unspecified atom stereocenters. The summed E-state index contributed by atoms with van der Waals surface area (Å²) in [6.45, 7) is 9.94. The molecule has 0 saturated heterocycles. The van der Waals surface area contributed by atoms with Crippen LogP contribution in [0.4, 0.5) is 0 Å². The number of hydrogen-bond donors (Lipinski definition) is 2. The molecule has 0 fully saturated rings. The van der Waals surface area contributed by atoms with Crippen LogP contribution in [0, 0.1) is 5.41 Å². The van der Waals surface area contributed by atoms with Crippen LogP contribution in [-0.4, -0.2) is 24.3 Å². The topological polar surface area (TPSA) is 32.3 Å². The molecule has 2 nitrogen and oxygen atoms in total. The largest absolute Gasteiger partial charge is 0.392 e. The first-order valence-electron chi connectivity index (χ1n) is 3.80. The second-order valence-electron chi connectivity index (χ2n) is 4.04. The Balaban J connectivity index is 3.21. The van der Waals surface area contributed by atoms with Crippen molar-refractivity contribution in [2.75, 3.05) is 13.1 Å². The van der Waals surface area contributed by atoms with Crippen molar-refractivity contribution in [2.45, 2.75) is 33.8 Å². The molecule has 2 heteroatoms. The Morgan fingerprint density at radius 2 is 1.90 bits per heavy atom. The van der Waals surface area contributed by atoms with E-state index in [1.54, 1.807) is 6.92 Å². The van der Waals surface area contributed by atoms with Crippen LogP contribution in [0.2, 0.25) is 0 Å². The van der Waals surface area contributed by atoms with Crippen molar-refractivity contribution in [2.24, 2.45) is 5.41 Å². The van der Waals surface area contributed by atoms with Gasteiger partial charge in [0.25, 0.3) is 0 Å². The van der Waals surface area contributed by atoms with Crippen LogP contribution >= 0.6 is 0 Å². The third-order valence-corrected chi connectivity index (χ3v) is 1.10. The lowest BCUT2D eigenvalue weighted by atomic mass is 9.97. The molecule has 0 aromatic heterocycles. The van der Waals surface area contributed by atoms with Crippen LogP contribution in [0.15, 0.2) is 0 Å². The van der Waals surface area contributed by atoms with Crippen LogP contribution in [0.25, 0.3) is 0 Å². The van der Waals surface area contributed by atoms with E-state index in [0.29, 0.717) is 12.0 Å².